The molecule has 150 valence electrons. The maximum atomic E-state index is 12.5. The summed E-state index contributed by atoms with van der Waals surface area (Å²) in [6.45, 7) is 9.54. The van der Waals surface area contributed by atoms with Crippen molar-refractivity contribution in [2.75, 3.05) is 32.0 Å². The van der Waals surface area contributed by atoms with Gasteiger partial charge in [-0.3, -0.25) is 4.79 Å². The molecule has 0 saturated carbocycles. The topological polar surface area (TPSA) is 103 Å². The molecule has 1 saturated heterocycles. The Balaban J connectivity index is 1.95. The Labute approximate surface area is 159 Å². The van der Waals surface area contributed by atoms with Gasteiger partial charge in [-0.2, -0.15) is 0 Å². The van der Waals surface area contributed by atoms with Crippen LogP contribution >= 0.6 is 0 Å². The average Bonchev–Trinajstić information content (AvgIpc) is 2.61. The molecular formula is C19H29N3O5. The lowest BCUT2D eigenvalue weighted by Crippen LogP contribution is -2.46. The van der Waals surface area contributed by atoms with Crippen molar-refractivity contribution in [2.45, 2.75) is 45.9 Å². The number of anilines is 1. The molecule has 1 aliphatic heterocycles. The molecule has 8 heteroatoms. The van der Waals surface area contributed by atoms with E-state index in [2.05, 4.69) is 5.32 Å². The Morgan fingerprint density at radius 1 is 1.30 bits per heavy atom. The van der Waals surface area contributed by atoms with Crippen LogP contribution in [0.15, 0.2) is 18.2 Å². The second-order valence-electron chi connectivity index (χ2n) is 7.43. The van der Waals surface area contributed by atoms with Crippen molar-refractivity contribution in [3.8, 4) is 5.75 Å². The van der Waals surface area contributed by atoms with Gasteiger partial charge in [0.2, 0.25) is 0 Å². The van der Waals surface area contributed by atoms with Crippen LogP contribution in [0.3, 0.4) is 0 Å². The molecule has 1 aliphatic rings. The van der Waals surface area contributed by atoms with Gasteiger partial charge in [0.05, 0.1) is 18.9 Å². The van der Waals surface area contributed by atoms with Crippen LogP contribution in [0.4, 0.5) is 10.5 Å². The first-order chi connectivity index (χ1) is 12.7. The van der Waals surface area contributed by atoms with Gasteiger partial charge in [0.1, 0.15) is 11.4 Å². The number of nitrogens with zero attached hydrogens (tertiary/aromatic N) is 1. The lowest BCUT2D eigenvalue weighted by molar-refractivity contribution is -0.142. The molecule has 2 rings (SSSR count). The molecule has 2 amide bonds. The van der Waals surface area contributed by atoms with Crippen molar-refractivity contribution in [1.29, 1.82) is 0 Å². The highest BCUT2D eigenvalue weighted by Gasteiger charge is 2.24. The van der Waals surface area contributed by atoms with Gasteiger partial charge in [-0.1, -0.05) is 6.07 Å². The minimum atomic E-state index is -0.667. The summed E-state index contributed by atoms with van der Waals surface area (Å²) in [5.74, 6) is 0.308. The molecule has 1 aromatic rings. The van der Waals surface area contributed by atoms with Crippen LogP contribution in [0.5, 0.6) is 5.75 Å². The lowest BCUT2D eigenvalue weighted by atomic mass is 10.2. The molecule has 3 N–H and O–H groups in total. The predicted molar refractivity (Wildman–Crippen MR) is 101 cm³/mol. The van der Waals surface area contributed by atoms with Crippen molar-refractivity contribution in [1.82, 2.24) is 10.2 Å². The first kappa shape index (κ1) is 20.8. The number of hydrogen-bond acceptors (Lipinski definition) is 6. The minimum Gasteiger partial charge on any atom is -0.479 e. The molecule has 1 fully saturated rings. The largest absolute Gasteiger partial charge is 0.479 e. The minimum absolute atomic E-state index is 0.102. The lowest BCUT2D eigenvalue weighted by Gasteiger charge is -2.29. The molecule has 27 heavy (non-hydrogen) atoms. The van der Waals surface area contributed by atoms with Crippen molar-refractivity contribution in [3.05, 3.63) is 23.8 Å². The third kappa shape index (κ3) is 6.63. The summed E-state index contributed by atoms with van der Waals surface area (Å²) in [6, 6.07) is 5.19. The zero-order chi connectivity index (χ0) is 20.0. The molecule has 1 heterocycles. The number of morpholine rings is 1. The van der Waals surface area contributed by atoms with Gasteiger partial charge in [0.25, 0.3) is 5.91 Å². The summed E-state index contributed by atoms with van der Waals surface area (Å²) < 4.78 is 16.3. The molecule has 0 unspecified atom stereocenters. The van der Waals surface area contributed by atoms with E-state index < -0.39 is 17.8 Å². The molecule has 0 radical (unpaired) electrons. The fourth-order valence-corrected chi connectivity index (χ4v) is 2.56. The van der Waals surface area contributed by atoms with Crippen LogP contribution in [0.25, 0.3) is 0 Å². The molecule has 1 aromatic carbocycles. The molecule has 0 aliphatic carbocycles. The Morgan fingerprint density at radius 2 is 1.96 bits per heavy atom. The van der Waals surface area contributed by atoms with Crippen LogP contribution in [0.2, 0.25) is 0 Å². The van der Waals surface area contributed by atoms with Gasteiger partial charge in [-0.15, -0.1) is 0 Å². The zero-order valence-corrected chi connectivity index (χ0v) is 16.4. The summed E-state index contributed by atoms with van der Waals surface area (Å²) in [4.78, 5) is 26.0. The number of carbonyl (C=O) groups is 2. The fourth-order valence-electron chi connectivity index (χ4n) is 2.56. The van der Waals surface area contributed by atoms with Gasteiger partial charge >= 0.3 is 6.09 Å². The Kier molecular flexibility index (Phi) is 6.90. The second-order valence-corrected chi connectivity index (χ2v) is 7.43. The van der Waals surface area contributed by atoms with Crippen LogP contribution < -0.4 is 15.8 Å². The third-order valence-electron chi connectivity index (χ3n) is 3.89. The average molecular weight is 379 g/mol. The monoisotopic (exact) mass is 379 g/mol. The van der Waals surface area contributed by atoms with E-state index in [0.717, 1.165) is 5.56 Å². The first-order valence-corrected chi connectivity index (χ1v) is 9.04. The van der Waals surface area contributed by atoms with Gasteiger partial charge in [-0.05, 0) is 45.4 Å². The van der Waals surface area contributed by atoms with E-state index in [9.17, 15) is 9.59 Å². The van der Waals surface area contributed by atoms with E-state index in [4.69, 9.17) is 19.9 Å². The maximum absolute atomic E-state index is 12.5. The summed E-state index contributed by atoms with van der Waals surface area (Å²) in [5, 5.41) is 2.68. The third-order valence-corrected chi connectivity index (χ3v) is 3.89. The molecule has 0 spiro atoms. The van der Waals surface area contributed by atoms with E-state index in [1.165, 1.54) is 0 Å². The number of rotatable bonds is 5. The van der Waals surface area contributed by atoms with E-state index in [1.54, 1.807) is 50.8 Å². The molecule has 8 nitrogen and oxygen atoms in total. The zero-order valence-electron chi connectivity index (χ0n) is 16.4. The van der Waals surface area contributed by atoms with Crippen molar-refractivity contribution in [2.24, 2.45) is 0 Å². The normalized spacial score (nSPS) is 15.8. The number of nitrogen functional groups attached to an aromatic ring is 1. The summed E-state index contributed by atoms with van der Waals surface area (Å²) >= 11 is 0. The number of amides is 2. The number of nitrogens with one attached hydrogen (secondary N) is 1. The van der Waals surface area contributed by atoms with Crippen LogP contribution in [0.1, 0.15) is 33.3 Å². The van der Waals surface area contributed by atoms with Crippen LogP contribution in [0, 0.1) is 0 Å². The van der Waals surface area contributed by atoms with Gasteiger partial charge < -0.3 is 30.2 Å². The van der Waals surface area contributed by atoms with E-state index in [1.807, 2.05) is 0 Å². The number of hydrogen-bond donors (Lipinski definition) is 2. The van der Waals surface area contributed by atoms with Crippen molar-refractivity contribution >= 4 is 17.7 Å². The predicted octanol–water partition coefficient (Wildman–Crippen LogP) is 1.92. The van der Waals surface area contributed by atoms with E-state index in [-0.39, 0.29) is 12.5 Å². The Hall–Kier alpha value is -2.48. The highest BCUT2D eigenvalue weighted by molar-refractivity contribution is 5.81. The quantitative estimate of drug-likeness (QED) is 0.758. The Bertz CT molecular complexity index is 666. The molecule has 0 aromatic heterocycles. The highest BCUT2D eigenvalue weighted by atomic mass is 16.6. The standard InChI is InChI=1S/C19H29N3O5/c1-13(17(23)22-7-9-25-10-8-22)26-16-11-14(5-6-15(16)20)12-21-18(24)27-19(2,3)4/h5-6,11,13H,7-10,12,20H2,1-4H3,(H,21,24)/t13-/m1/s1. The van der Waals surface area contributed by atoms with Crippen LogP contribution in [-0.2, 0) is 20.8 Å². The van der Waals surface area contributed by atoms with Gasteiger partial charge in [0.15, 0.2) is 6.10 Å². The maximum Gasteiger partial charge on any atom is 0.407 e. The van der Waals surface area contributed by atoms with Crippen LogP contribution in [-0.4, -0.2) is 54.9 Å². The van der Waals surface area contributed by atoms with Gasteiger partial charge in [-0.25, -0.2) is 4.79 Å². The smallest absolute Gasteiger partial charge is 0.407 e. The molecule has 1 atom stereocenters. The second kappa shape index (κ2) is 8.94. The first-order valence-electron chi connectivity index (χ1n) is 9.04. The summed E-state index contributed by atoms with van der Waals surface area (Å²) in [5.41, 5.74) is 6.63. The number of alkyl carbamates (subject to hydrolysis) is 1. The van der Waals surface area contributed by atoms with E-state index >= 15 is 0 Å². The van der Waals surface area contributed by atoms with Crippen molar-refractivity contribution < 1.29 is 23.8 Å². The van der Waals surface area contributed by atoms with E-state index in [0.29, 0.717) is 37.7 Å². The summed E-state index contributed by atoms with van der Waals surface area (Å²) in [6.07, 6.45) is -1.17. The fraction of sp³-hybridized carbons (Fsp3) is 0.579. The van der Waals surface area contributed by atoms with Crippen molar-refractivity contribution in [3.63, 3.8) is 0 Å². The SMILES string of the molecule is C[C@@H](Oc1cc(CNC(=O)OC(C)(C)C)ccc1N)C(=O)N1CCOCC1. The summed E-state index contributed by atoms with van der Waals surface area (Å²) in [7, 11) is 0. The molecular weight excluding hydrogens is 350 g/mol. The number of carbonyl (C=O) groups excluding carboxylic acids is 2. The number of benzene rings is 1. The molecule has 0 bridgehead atoms. The van der Waals surface area contributed by atoms with Gasteiger partial charge in [0, 0.05) is 19.6 Å². The number of nitrogens with two attached hydrogens (primary N) is 1. The number of ether oxygens (including phenoxy) is 3. The Morgan fingerprint density at radius 3 is 2.59 bits per heavy atom. The highest BCUT2D eigenvalue weighted by Crippen LogP contribution is 2.24.